The lowest BCUT2D eigenvalue weighted by Crippen LogP contribution is -2.23. The molecule has 0 saturated carbocycles. The average Bonchev–Trinajstić information content (AvgIpc) is 2.86. The summed E-state index contributed by atoms with van der Waals surface area (Å²) in [6, 6.07) is 6.73. The number of halogens is 1. The van der Waals surface area contributed by atoms with Gasteiger partial charge in [0.15, 0.2) is 11.7 Å². The molecule has 20 heavy (non-hydrogen) atoms. The van der Waals surface area contributed by atoms with Gasteiger partial charge in [0.05, 0.1) is 6.20 Å². The van der Waals surface area contributed by atoms with Crippen molar-refractivity contribution >= 4 is 15.9 Å². The van der Waals surface area contributed by atoms with Crippen molar-refractivity contribution in [3.05, 3.63) is 40.3 Å². The second kappa shape index (κ2) is 7.04. The Morgan fingerprint density at radius 2 is 2.15 bits per heavy atom. The number of nitrogens with one attached hydrogen (secondary N) is 1. The van der Waals surface area contributed by atoms with E-state index in [1.807, 2.05) is 6.20 Å². The molecule has 108 valence electrons. The quantitative estimate of drug-likeness (QED) is 0.797. The molecule has 0 bridgehead atoms. The molecule has 0 unspecified atom stereocenters. The number of hydrogen-bond donors (Lipinski definition) is 1. The molecule has 0 aliphatic carbocycles. The first-order valence-corrected chi connectivity index (χ1v) is 7.80. The number of nitrogens with zero attached hydrogens (tertiary/aromatic N) is 1. The topological polar surface area (TPSA) is 38.1 Å². The van der Waals surface area contributed by atoms with E-state index in [0.717, 1.165) is 41.1 Å². The van der Waals surface area contributed by atoms with Crippen molar-refractivity contribution in [3.63, 3.8) is 0 Å². The molecule has 0 radical (unpaired) electrons. The van der Waals surface area contributed by atoms with Crippen LogP contribution in [0.5, 0.6) is 0 Å². The zero-order chi connectivity index (χ0) is 14.5. The fourth-order valence-corrected chi connectivity index (χ4v) is 2.31. The molecule has 4 heteroatoms. The molecule has 1 heterocycles. The van der Waals surface area contributed by atoms with Crippen LogP contribution in [0.2, 0.25) is 0 Å². The Kier molecular flexibility index (Phi) is 5.38. The molecule has 2 aromatic rings. The molecule has 0 amide bonds. The third-order valence-corrected chi connectivity index (χ3v) is 3.98. The highest BCUT2D eigenvalue weighted by Gasteiger charge is 2.07. The first-order valence-electron chi connectivity index (χ1n) is 7.01. The van der Waals surface area contributed by atoms with Crippen LogP contribution in [-0.4, -0.2) is 17.6 Å². The molecular weight excluding hydrogens is 316 g/mol. The summed E-state index contributed by atoms with van der Waals surface area (Å²) >= 11 is 3.54. The Balaban J connectivity index is 1.96. The first-order chi connectivity index (χ1) is 9.56. The van der Waals surface area contributed by atoms with Crippen molar-refractivity contribution in [2.45, 2.75) is 39.7 Å². The van der Waals surface area contributed by atoms with Gasteiger partial charge < -0.3 is 9.73 Å². The maximum absolute atomic E-state index is 5.81. The van der Waals surface area contributed by atoms with E-state index in [0.29, 0.717) is 6.04 Å². The summed E-state index contributed by atoms with van der Waals surface area (Å²) in [6.45, 7) is 7.36. The zero-order valence-electron chi connectivity index (χ0n) is 12.2. The highest BCUT2D eigenvalue weighted by molar-refractivity contribution is 9.10. The van der Waals surface area contributed by atoms with Crippen molar-refractivity contribution < 1.29 is 4.42 Å². The van der Waals surface area contributed by atoms with Crippen molar-refractivity contribution in [1.29, 1.82) is 0 Å². The summed E-state index contributed by atoms with van der Waals surface area (Å²) < 4.78 is 6.90. The van der Waals surface area contributed by atoms with E-state index in [-0.39, 0.29) is 0 Å². The largest absolute Gasteiger partial charge is 0.441 e. The Hall–Kier alpha value is -1.13. The van der Waals surface area contributed by atoms with Crippen molar-refractivity contribution in [3.8, 4) is 11.3 Å². The van der Waals surface area contributed by atoms with E-state index in [2.05, 4.69) is 65.2 Å². The van der Waals surface area contributed by atoms with Gasteiger partial charge in [-0.15, -0.1) is 0 Å². The zero-order valence-corrected chi connectivity index (χ0v) is 13.8. The lowest BCUT2D eigenvalue weighted by atomic mass is 10.1. The summed E-state index contributed by atoms with van der Waals surface area (Å²) in [5, 5.41) is 3.39. The molecular formula is C16H21BrN2O. The van der Waals surface area contributed by atoms with Crippen molar-refractivity contribution in [1.82, 2.24) is 10.3 Å². The Labute approximate surface area is 128 Å². The maximum atomic E-state index is 5.81. The van der Waals surface area contributed by atoms with Gasteiger partial charge in [-0.3, -0.25) is 0 Å². The predicted molar refractivity (Wildman–Crippen MR) is 85.8 cm³/mol. The van der Waals surface area contributed by atoms with Gasteiger partial charge in [-0.2, -0.15) is 0 Å². The summed E-state index contributed by atoms with van der Waals surface area (Å²) in [5.41, 5.74) is 2.27. The van der Waals surface area contributed by atoms with Gasteiger partial charge in [0, 0.05) is 22.5 Å². The van der Waals surface area contributed by atoms with Crippen LogP contribution in [0.15, 0.2) is 33.3 Å². The summed E-state index contributed by atoms with van der Waals surface area (Å²) in [6.07, 6.45) is 3.71. The maximum Gasteiger partial charge on any atom is 0.194 e. The number of hydrogen-bond acceptors (Lipinski definition) is 3. The minimum atomic E-state index is 0.528. The summed E-state index contributed by atoms with van der Waals surface area (Å²) in [4.78, 5) is 4.35. The van der Waals surface area contributed by atoms with Gasteiger partial charge in [-0.25, -0.2) is 4.98 Å². The number of aryl methyl sites for hydroxylation is 2. The molecule has 0 fully saturated rings. The SMILES string of the molecule is Cc1ccc(-c2cnc(CCCNC(C)C)o2)cc1Br. The smallest absolute Gasteiger partial charge is 0.194 e. The molecule has 0 atom stereocenters. The van der Waals surface area contributed by atoms with E-state index >= 15 is 0 Å². The summed E-state index contributed by atoms with van der Waals surface area (Å²) in [5.74, 6) is 1.64. The van der Waals surface area contributed by atoms with Crippen LogP contribution >= 0.6 is 15.9 Å². The number of aromatic nitrogens is 1. The van der Waals surface area contributed by atoms with E-state index in [4.69, 9.17) is 4.42 Å². The first kappa shape index (κ1) is 15.3. The van der Waals surface area contributed by atoms with Gasteiger partial charge in [-0.05, 0) is 31.5 Å². The van der Waals surface area contributed by atoms with E-state index in [1.54, 1.807) is 0 Å². The second-order valence-electron chi connectivity index (χ2n) is 5.29. The fraction of sp³-hybridized carbons (Fsp3) is 0.438. The normalized spacial score (nSPS) is 11.2. The van der Waals surface area contributed by atoms with Gasteiger partial charge in [0.25, 0.3) is 0 Å². The average molecular weight is 337 g/mol. The third kappa shape index (κ3) is 4.18. The van der Waals surface area contributed by atoms with Crippen LogP contribution in [0.1, 0.15) is 31.7 Å². The minimum absolute atomic E-state index is 0.528. The lowest BCUT2D eigenvalue weighted by molar-refractivity contribution is 0.484. The van der Waals surface area contributed by atoms with E-state index in [1.165, 1.54) is 5.56 Å². The van der Waals surface area contributed by atoms with Crippen LogP contribution < -0.4 is 5.32 Å². The highest BCUT2D eigenvalue weighted by Crippen LogP contribution is 2.26. The van der Waals surface area contributed by atoms with E-state index in [9.17, 15) is 0 Å². The molecule has 3 nitrogen and oxygen atoms in total. The molecule has 0 aliphatic rings. The monoisotopic (exact) mass is 336 g/mol. The molecule has 0 spiro atoms. The molecule has 1 aromatic heterocycles. The minimum Gasteiger partial charge on any atom is -0.441 e. The number of oxazole rings is 1. The standard InChI is InChI=1S/C16H21BrN2O/c1-11(2)18-8-4-5-16-19-10-15(20-16)13-7-6-12(3)14(17)9-13/h6-7,9-11,18H,4-5,8H2,1-3H3. The number of rotatable bonds is 6. The number of benzene rings is 1. The molecule has 1 aromatic carbocycles. The van der Waals surface area contributed by atoms with Crippen LogP contribution in [0.4, 0.5) is 0 Å². The van der Waals surface area contributed by atoms with Gasteiger partial charge in [0.1, 0.15) is 0 Å². The van der Waals surface area contributed by atoms with Crippen LogP contribution in [0.3, 0.4) is 0 Å². The van der Waals surface area contributed by atoms with E-state index < -0.39 is 0 Å². The molecule has 0 aliphatic heterocycles. The molecule has 1 N–H and O–H groups in total. The lowest BCUT2D eigenvalue weighted by Gasteiger charge is -2.06. The Morgan fingerprint density at radius 3 is 2.85 bits per heavy atom. The van der Waals surface area contributed by atoms with Crippen LogP contribution in [0.25, 0.3) is 11.3 Å². The van der Waals surface area contributed by atoms with Crippen molar-refractivity contribution in [2.24, 2.45) is 0 Å². The van der Waals surface area contributed by atoms with Gasteiger partial charge >= 0.3 is 0 Å². The van der Waals surface area contributed by atoms with Crippen LogP contribution in [-0.2, 0) is 6.42 Å². The van der Waals surface area contributed by atoms with Gasteiger partial charge in [-0.1, -0.05) is 41.9 Å². The predicted octanol–water partition coefficient (Wildman–Crippen LogP) is 4.34. The Bertz CT molecular complexity index is 563. The molecule has 2 rings (SSSR count). The highest BCUT2D eigenvalue weighted by atomic mass is 79.9. The van der Waals surface area contributed by atoms with Gasteiger partial charge in [0.2, 0.25) is 0 Å². The second-order valence-corrected chi connectivity index (χ2v) is 6.15. The van der Waals surface area contributed by atoms with Crippen molar-refractivity contribution in [2.75, 3.05) is 6.54 Å². The fourth-order valence-electron chi connectivity index (χ4n) is 1.94. The Morgan fingerprint density at radius 1 is 1.35 bits per heavy atom. The molecule has 0 saturated heterocycles. The summed E-state index contributed by atoms with van der Waals surface area (Å²) in [7, 11) is 0. The van der Waals surface area contributed by atoms with Crippen LogP contribution in [0, 0.1) is 6.92 Å². The third-order valence-electron chi connectivity index (χ3n) is 3.13.